The van der Waals surface area contributed by atoms with Gasteiger partial charge in [-0.25, -0.2) is 0 Å². The molecule has 0 aliphatic carbocycles. The molecule has 39 heavy (non-hydrogen) atoms. The Kier molecular flexibility index (Phi) is 7.30. The minimum absolute atomic E-state index is 0.319. The van der Waals surface area contributed by atoms with Gasteiger partial charge in [0.05, 0.1) is 14.2 Å². The Morgan fingerprint density at radius 1 is 0.923 bits per heavy atom. The Balaban J connectivity index is 1.46. The molecule has 202 valence electrons. The molecule has 0 spiro atoms. The first-order chi connectivity index (χ1) is 18.8. The first-order valence-corrected chi connectivity index (χ1v) is 12.7. The lowest BCUT2D eigenvalue weighted by atomic mass is 9.92. The van der Waals surface area contributed by atoms with Crippen molar-refractivity contribution < 1.29 is 28.7 Å². The van der Waals surface area contributed by atoms with Crippen molar-refractivity contribution in [1.29, 1.82) is 0 Å². The maximum absolute atomic E-state index is 11.4. The largest absolute Gasteiger partial charge is 0.497 e. The molecule has 3 atom stereocenters. The Labute approximate surface area is 227 Å². The molecule has 5 rings (SSSR count). The van der Waals surface area contributed by atoms with Crippen molar-refractivity contribution in [2.45, 2.75) is 46.0 Å². The number of fused-ring (bicyclic) bond motifs is 1. The van der Waals surface area contributed by atoms with Crippen LogP contribution in [0.25, 0.3) is 11.3 Å². The summed E-state index contributed by atoms with van der Waals surface area (Å²) >= 11 is 0. The third-order valence-electron chi connectivity index (χ3n) is 6.88. The van der Waals surface area contributed by atoms with Gasteiger partial charge in [0.25, 0.3) is 0 Å². The van der Waals surface area contributed by atoms with Crippen molar-refractivity contribution in [2.75, 3.05) is 14.2 Å². The topological polar surface area (TPSA) is 95.5 Å². The summed E-state index contributed by atoms with van der Waals surface area (Å²) in [4.78, 5) is 5.90. The fourth-order valence-corrected chi connectivity index (χ4v) is 4.99. The zero-order valence-electron chi connectivity index (χ0n) is 22.9. The molecule has 0 radical (unpaired) electrons. The minimum atomic E-state index is -1.12. The molecule has 0 fully saturated rings. The lowest BCUT2D eigenvalue weighted by Crippen LogP contribution is -2.37. The van der Waals surface area contributed by atoms with Crippen LogP contribution in [0.3, 0.4) is 0 Å². The molecule has 8 nitrogen and oxygen atoms in total. The summed E-state index contributed by atoms with van der Waals surface area (Å²) in [6.07, 6.45) is -2.40. The van der Waals surface area contributed by atoms with Gasteiger partial charge in [0, 0.05) is 17.2 Å². The summed E-state index contributed by atoms with van der Waals surface area (Å²) in [5, 5.41) is 20.1. The third kappa shape index (κ3) is 5.20. The molecule has 4 aromatic rings. The van der Waals surface area contributed by atoms with Crippen LogP contribution in [0.5, 0.6) is 17.2 Å². The molecule has 0 amide bonds. The van der Waals surface area contributed by atoms with Crippen molar-refractivity contribution >= 4 is 5.71 Å². The van der Waals surface area contributed by atoms with Gasteiger partial charge >= 0.3 is 0 Å². The van der Waals surface area contributed by atoms with Crippen LogP contribution in [0, 0.1) is 20.8 Å². The first kappa shape index (κ1) is 26.3. The molecule has 8 heteroatoms. The summed E-state index contributed by atoms with van der Waals surface area (Å²) in [7, 11) is 3.17. The maximum atomic E-state index is 11.4. The van der Waals surface area contributed by atoms with Gasteiger partial charge in [-0.1, -0.05) is 40.1 Å². The van der Waals surface area contributed by atoms with Gasteiger partial charge in [0.1, 0.15) is 34.8 Å². The van der Waals surface area contributed by atoms with Gasteiger partial charge in [-0.15, -0.1) is 0 Å². The SMILES string of the molecule is COc1cccc([C@H]2Oc3ccc(OC)cc3/C(=N\O[C@@H](C)c3cc(-c4c(C)cc(C)cc4C)no3)[C@@H]2O)c1. The average Bonchev–Trinajstić information content (AvgIpc) is 3.41. The standard InChI is InChI=1S/C31H32N2O6/c1-17-12-18(2)28(19(3)13-17)25-16-27(39-32-25)20(4)38-33-29-24-15-23(36-6)10-11-26(24)37-31(30(29)34)21-8-7-9-22(14-21)35-5/h7-16,20,30-31,34H,1-6H3/b33-29+/t20-,30-,31+/m0/s1. The van der Waals surface area contributed by atoms with E-state index in [1.54, 1.807) is 32.4 Å². The molecular weight excluding hydrogens is 496 g/mol. The molecule has 2 heterocycles. The lowest BCUT2D eigenvalue weighted by molar-refractivity contribution is 0.0378. The van der Waals surface area contributed by atoms with E-state index in [0.717, 1.165) is 27.9 Å². The van der Waals surface area contributed by atoms with Gasteiger partial charge in [0.15, 0.2) is 18.0 Å². The second kappa shape index (κ2) is 10.8. The third-order valence-corrected chi connectivity index (χ3v) is 6.88. The molecule has 1 aliphatic heterocycles. The molecule has 0 bridgehead atoms. The molecular formula is C31H32N2O6. The summed E-state index contributed by atoms with van der Waals surface area (Å²) in [6, 6.07) is 18.9. The second-order valence-corrected chi connectivity index (χ2v) is 9.73. The highest BCUT2D eigenvalue weighted by molar-refractivity contribution is 6.07. The smallest absolute Gasteiger partial charge is 0.184 e. The van der Waals surface area contributed by atoms with Crippen LogP contribution in [0.15, 0.2) is 70.3 Å². The van der Waals surface area contributed by atoms with E-state index in [-0.39, 0.29) is 0 Å². The molecule has 1 N–H and O–H groups in total. The maximum Gasteiger partial charge on any atom is 0.184 e. The number of hydrogen-bond acceptors (Lipinski definition) is 8. The van der Waals surface area contributed by atoms with Crippen molar-refractivity contribution in [1.82, 2.24) is 5.16 Å². The molecule has 0 unspecified atom stereocenters. The Hall–Kier alpha value is -4.30. The number of nitrogens with zero attached hydrogens (tertiary/aromatic N) is 2. The monoisotopic (exact) mass is 528 g/mol. The molecule has 0 saturated carbocycles. The molecule has 1 aromatic heterocycles. The van der Waals surface area contributed by atoms with Gasteiger partial charge in [-0.3, -0.25) is 0 Å². The second-order valence-electron chi connectivity index (χ2n) is 9.73. The highest BCUT2D eigenvalue weighted by Gasteiger charge is 2.37. The quantitative estimate of drug-likeness (QED) is 0.283. The number of aromatic nitrogens is 1. The van der Waals surface area contributed by atoms with Crippen molar-refractivity contribution in [3.8, 4) is 28.5 Å². The number of oxime groups is 1. The number of hydrogen-bond donors (Lipinski definition) is 1. The first-order valence-electron chi connectivity index (χ1n) is 12.7. The van der Waals surface area contributed by atoms with E-state index in [9.17, 15) is 5.11 Å². The van der Waals surface area contributed by atoms with Gasteiger partial charge < -0.3 is 28.7 Å². The number of aryl methyl sites for hydroxylation is 3. The number of ether oxygens (including phenoxy) is 3. The van der Waals surface area contributed by atoms with Crippen LogP contribution in [0.4, 0.5) is 0 Å². The highest BCUT2D eigenvalue weighted by Crippen LogP contribution is 2.39. The predicted molar refractivity (Wildman–Crippen MR) is 148 cm³/mol. The number of rotatable bonds is 7. The number of aliphatic hydroxyl groups is 1. The van der Waals surface area contributed by atoms with E-state index >= 15 is 0 Å². The average molecular weight is 529 g/mol. The van der Waals surface area contributed by atoms with Crippen LogP contribution in [0.1, 0.15) is 52.7 Å². The predicted octanol–water partition coefficient (Wildman–Crippen LogP) is 6.26. The summed E-state index contributed by atoms with van der Waals surface area (Å²) in [5.41, 5.74) is 6.87. The Bertz CT molecular complexity index is 1500. The highest BCUT2D eigenvalue weighted by atomic mass is 16.6. The van der Waals surface area contributed by atoms with E-state index in [4.69, 9.17) is 23.6 Å². The van der Waals surface area contributed by atoms with Crippen LogP contribution >= 0.6 is 0 Å². The van der Waals surface area contributed by atoms with Crippen LogP contribution in [-0.2, 0) is 4.84 Å². The van der Waals surface area contributed by atoms with Gasteiger partial charge in [-0.2, -0.15) is 0 Å². The molecule has 3 aromatic carbocycles. The molecule has 0 saturated heterocycles. The fraction of sp³-hybridized carbons (Fsp3) is 0.290. The van der Waals surface area contributed by atoms with Crippen LogP contribution in [-0.4, -0.2) is 36.3 Å². The van der Waals surface area contributed by atoms with Gasteiger partial charge in [0.2, 0.25) is 0 Å². The van der Waals surface area contributed by atoms with Crippen LogP contribution < -0.4 is 14.2 Å². The normalized spacial score (nSPS) is 18.3. The minimum Gasteiger partial charge on any atom is -0.497 e. The van der Waals surface area contributed by atoms with E-state index in [1.165, 1.54) is 5.56 Å². The van der Waals surface area contributed by atoms with E-state index in [0.29, 0.717) is 34.3 Å². The van der Waals surface area contributed by atoms with Crippen molar-refractivity contribution in [3.05, 3.63) is 94.2 Å². The van der Waals surface area contributed by atoms with E-state index in [2.05, 4.69) is 43.2 Å². The fourth-order valence-electron chi connectivity index (χ4n) is 4.99. The van der Waals surface area contributed by atoms with Gasteiger partial charge in [-0.05, 0) is 74.7 Å². The van der Waals surface area contributed by atoms with E-state index in [1.807, 2.05) is 37.3 Å². The number of methoxy groups -OCH3 is 2. The Morgan fingerprint density at radius 2 is 1.64 bits per heavy atom. The Morgan fingerprint density at radius 3 is 2.36 bits per heavy atom. The zero-order chi connectivity index (χ0) is 27.7. The molecule has 1 aliphatic rings. The number of benzene rings is 3. The van der Waals surface area contributed by atoms with Crippen molar-refractivity contribution in [3.63, 3.8) is 0 Å². The van der Waals surface area contributed by atoms with E-state index < -0.39 is 18.3 Å². The van der Waals surface area contributed by atoms with Crippen LogP contribution in [0.2, 0.25) is 0 Å². The summed E-state index contributed by atoms with van der Waals surface area (Å²) in [6.45, 7) is 8.02. The van der Waals surface area contributed by atoms with Crippen molar-refractivity contribution in [2.24, 2.45) is 5.16 Å². The summed E-state index contributed by atoms with van der Waals surface area (Å²) in [5.74, 6) is 2.34. The lowest BCUT2D eigenvalue weighted by Gasteiger charge is -2.32. The number of aliphatic hydroxyl groups excluding tert-OH is 1. The summed E-state index contributed by atoms with van der Waals surface area (Å²) < 4.78 is 22.6. The zero-order valence-corrected chi connectivity index (χ0v) is 22.9.